The van der Waals surface area contributed by atoms with Crippen LogP contribution in [0.3, 0.4) is 0 Å². The monoisotopic (exact) mass is 197 g/mol. The number of hydrogen-bond acceptors (Lipinski definition) is 3. The van der Waals surface area contributed by atoms with Gasteiger partial charge in [0, 0.05) is 25.5 Å². The van der Waals surface area contributed by atoms with E-state index in [0.29, 0.717) is 0 Å². The third-order valence-corrected chi connectivity index (χ3v) is 2.16. The molecule has 14 heavy (non-hydrogen) atoms. The molecule has 0 aliphatic carbocycles. The van der Waals surface area contributed by atoms with Crippen LogP contribution in [0.15, 0.2) is 18.5 Å². The van der Waals surface area contributed by atoms with Crippen molar-refractivity contribution in [2.75, 3.05) is 26.2 Å². The van der Waals surface area contributed by atoms with E-state index >= 15 is 0 Å². The molecule has 0 atom stereocenters. The van der Waals surface area contributed by atoms with E-state index in [2.05, 4.69) is 16.9 Å². The van der Waals surface area contributed by atoms with Crippen molar-refractivity contribution in [3.05, 3.63) is 18.5 Å². The highest BCUT2D eigenvalue weighted by molar-refractivity contribution is 4.77. The predicted molar refractivity (Wildman–Crippen MR) is 56.0 cm³/mol. The van der Waals surface area contributed by atoms with Crippen LogP contribution in [-0.4, -0.2) is 46.0 Å². The fraction of sp³-hybridized carbons (Fsp3) is 0.700. The average Bonchev–Trinajstić information content (AvgIpc) is 2.67. The highest BCUT2D eigenvalue weighted by Gasteiger charge is 2.02. The molecule has 4 nitrogen and oxygen atoms in total. The van der Waals surface area contributed by atoms with Crippen molar-refractivity contribution in [2.45, 2.75) is 19.9 Å². The molecular formula is C10H19N3O. The van der Waals surface area contributed by atoms with Crippen molar-refractivity contribution in [2.24, 2.45) is 0 Å². The molecule has 1 rings (SSSR count). The van der Waals surface area contributed by atoms with Gasteiger partial charge in [0.2, 0.25) is 0 Å². The zero-order valence-electron chi connectivity index (χ0n) is 8.76. The SMILES string of the molecule is CCCN(CCO)CCn1cccn1. The Bertz CT molecular complexity index is 217. The van der Waals surface area contributed by atoms with E-state index in [0.717, 1.165) is 32.6 Å². The van der Waals surface area contributed by atoms with Crippen LogP contribution in [0.2, 0.25) is 0 Å². The van der Waals surface area contributed by atoms with Crippen LogP contribution in [0.1, 0.15) is 13.3 Å². The standard InChI is InChI=1S/C10H19N3O/c1-2-5-12(9-10-14)7-8-13-6-3-4-11-13/h3-4,6,14H,2,5,7-10H2,1H3. The summed E-state index contributed by atoms with van der Waals surface area (Å²) < 4.78 is 1.92. The van der Waals surface area contributed by atoms with Crippen molar-refractivity contribution in [1.82, 2.24) is 14.7 Å². The number of aliphatic hydroxyl groups excluding tert-OH is 1. The molecule has 1 aromatic heterocycles. The lowest BCUT2D eigenvalue weighted by Crippen LogP contribution is -2.31. The van der Waals surface area contributed by atoms with Crippen LogP contribution < -0.4 is 0 Å². The summed E-state index contributed by atoms with van der Waals surface area (Å²) >= 11 is 0. The maximum Gasteiger partial charge on any atom is 0.0558 e. The normalized spacial score (nSPS) is 11.1. The lowest BCUT2D eigenvalue weighted by atomic mass is 10.4. The molecule has 0 saturated heterocycles. The van der Waals surface area contributed by atoms with Crippen molar-refractivity contribution in [3.63, 3.8) is 0 Å². The minimum absolute atomic E-state index is 0.235. The molecule has 1 aromatic rings. The summed E-state index contributed by atoms with van der Waals surface area (Å²) in [7, 11) is 0. The molecule has 4 heteroatoms. The van der Waals surface area contributed by atoms with Crippen LogP contribution >= 0.6 is 0 Å². The van der Waals surface area contributed by atoms with Gasteiger partial charge in [-0.2, -0.15) is 5.10 Å². The molecule has 0 spiro atoms. The van der Waals surface area contributed by atoms with Crippen molar-refractivity contribution >= 4 is 0 Å². The highest BCUT2D eigenvalue weighted by atomic mass is 16.3. The topological polar surface area (TPSA) is 41.3 Å². The summed E-state index contributed by atoms with van der Waals surface area (Å²) in [5.74, 6) is 0. The van der Waals surface area contributed by atoms with Gasteiger partial charge < -0.3 is 5.11 Å². The quantitative estimate of drug-likeness (QED) is 0.695. The molecule has 0 unspecified atom stereocenters. The molecular weight excluding hydrogens is 178 g/mol. The first kappa shape index (κ1) is 11.2. The Morgan fingerprint density at radius 1 is 1.36 bits per heavy atom. The molecule has 1 heterocycles. The first-order chi connectivity index (χ1) is 6.86. The van der Waals surface area contributed by atoms with Gasteiger partial charge in [0.05, 0.1) is 13.2 Å². The summed E-state index contributed by atoms with van der Waals surface area (Å²) in [5.41, 5.74) is 0. The molecule has 0 aliphatic heterocycles. The minimum atomic E-state index is 0.235. The molecule has 1 N–H and O–H groups in total. The third kappa shape index (κ3) is 3.89. The van der Waals surface area contributed by atoms with Crippen LogP contribution in [-0.2, 0) is 6.54 Å². The molecule has 0 fully saturated rings. The van der Waals surface area contributed by atoms with Gasteiger partial charge in [-0.15, -0.1) is 0 Å². The van der Waals surface area contributed by atoms with Crippen LogP contribution in [0.5, 0.6) is 0 Å². The summed E-state index contributed by atoms with van der Waals surface area (Å²) in [5, 5.41) is 13.0. The highest BCUT2D eigenvalue weighted by Crippen LogP contribution is 1.93. The van der Waals surface area contributed by atoms with E-state index in [1.165, 1.54) is 0 Å². The maximum atomic E-state index is 8.86. The number of nitrogens with zero attached hydrogens (tertiary/aromatic N) is 3. The third-order valence-electron chi connectivity index (χ3n) is 2.16. The fourth-order valence-corrected chi connectivity index (χ4v) is 1.47. The van der Waals surface area contributed by atoms with Gasteiger partial charge in [0.1, 0.15) is 0 Å². The molecule has 0 amide bonds. The fourth-order valence-electron chi connectivity index (χ4n) is 1.47. The zero-order chi connectivity index (χ0) is 10.2. The van der Waals surface area contributed by atoms with Gasteiger partial charge in [-0.1, -0.05) is 6.92 Å². The molecule has 0 bridgehead atoms. The number of rotatable bonds is 7. The van der Waals surface area contributed by atoms with Gasteiger partial charge in [0.15, 0.2) is 0 Å². The van der Waals surface area contributed by atoms with Gasteiger partial charge in [-0.05, 0) is 19.0 Å². The number of aromatic nitrogens is 2. The summed E-state index contributed by atoms with van der Waals surface area (Å²) in [4.78, 5) is 2.25. The van der Waals surface area contributed by atoms with Gasteiger partial charge in [0.25, 0.3) is 0 Å². The maximum absolute atomic E-state index is 8.86. The Morgan fingerprint density at radius 3 is 2.79 bits per heavy atom. The minimum Gasteiger partial charge on any atom is -0.395 e. The Kier molecular flexibility index (Phi) is 5.25. The largest absolute Gasteiger partial charge is 0.395 e. The van der Waals surface area contributed by atoms with Gasteiger partial charge in [-0.25, -0.2) is 0 Å². The second kappa shape index (κ2) is 6.56. The van der Waals surface area contributed by atoms with E-state index in [1.807, 2.05) is 16.9 Å². The van der Waals surface area contributed by atoms with E-state index < -0.39 is 0 Å². The van der Waals surface area contributed by atoms with E-state index in [1.54, 1.807) is 6.20 Å². The Morgan fingerprint density at radius 2 is 2.21 bits per heavy atom. The van der Waals surface area contributed by atoms with Gasteiger partial charge >= 0.3 is 0 Å². The zero-order valence-corrected chi connectivity index (χ0v) is 8.76. The Labute approximate surface area is 85.1 Å². The molecule has 0 aromatic carbocycles. The summed E-state index contributed by atoms with van der Waals surface area (Å²) in [6.07, 6.45) is 4.87. The number of hydrogen-bond donors (Lipinski definition) is 1. The van der Waals surface area contributed by atoms with Crippen LogP contribution in [0, 0.1) is 0 Å². The second-order valence-electron chi connectivity index (χ2n) is 3.33. The Balaban J connectivity index is 2.25. The van der Waals surface area contributed by atoms with E-state index in [-0.39, 0.29) is 6.61 Å². The first-order valence-electron chi connectivity index (χ1n) is 5.17. The number of aliphatic hydroxyl groups is 1. The lowest BCUT2D eigenvalue weighted by molar-refractivity contribution is 0.189. The van der Waals surface area contributed by atoms with Crippen molar-refractivity contribution in [3.8, 4) is 0 Å². The van der Waals surface area contributed by atoms with Crippen molar-refractivity contribution in [1.29, 1.82) is 0 Å². The average molecular weight is 197 g/mol. The molecule has 80 valence electrons. The van der Waals surface area contributed by atoms with E-state index in [4.69, 9.17) is 5.11 Å². The summed E-state index contributed by atoms with van der Waals surface area (Å²) in [6.45, 7) is 6.04. The summed E-state index contributed by atoms with van der Waals surface area (Å²) in [6, 6.07) is 1.93. The predicted octanol–water partition coefficient (Wildman–Crippen LogP) is 0.587. The Hall–Kier alpha value is -0.870. The lowest BCUT2D eigenvalue weighted by Gasteiger charge is -2.20. The molecule has 0 aliphatic rings. The molecule has 0 saturated carbocycles. The van der Waals surface area contributed by atoms with Crippen LogP contribution in [0.4, 0.5) is 0 Å². The van der Waals surface area contributed by atoms with E-state index in [9.17, 15) is 0 Å². The first-order valence-corrected chi connectivity index (χ1v) is 5.17. The van der Waals surface area contributed by atoms with Crippen molar-refractivity contribution < 1.29 is 5.11 Å². The van der Waals surface area contributed by atoms with Gasteiger partial charge in [-0.3, -0.25) is 9.58 Å². The molecule has 0 radical (unpaired) electrons. The second-order valence-corrected chi connectivity index (χ2v) is 3.33. The smallest absolute Gasteiger partial charge is 0.0558 e. The van der Waals surface area contributed by atoms with Crippen LogP contribution in [0.25, 0.3) is 0 Å².